The molecular formula is C31H40F2N2O4. The minimum absolute atomic E-state index is 0.172. The summed E-state index contributed by atoms with van der Waals surface area (Å²) >= 11 is 0. The number of rotatable bonds is 11. The van der Waals surface area contributed by atoms with Crippen LogP contribution in [0.5, 0.6) is 17.2 Å². The number of halogens is 2. The molecule has 8 heteroatoms. The number of likely N-dealkylation sites (tertiary alicyclic amines) is 1. The average molecular weight is 543 g/mol. The van der Waals surface area contributed by atoms with Gasteiger partial charge in [-0.05, 0) is 69.3 Å². The predicted molar refractivity (Wildman–Crippen MR) is 149 cm³/mol. The molecule has 1 amide bonds. The van der Waals surface area contributed by atoms with E-state index in [-0.39, 0.29) is 17.5 Å². The number of amides is 1. The highest BCUT2D eigenvalue weighted by Gasteiger charge is 2.31. The minimum Gasteiger partial charge on any atom is -0.493 e. The van der Waals surface area contributed by atoms with Crippen LogP contribution in [0.4, 0.5) is 8.78 Å². The summed E-state index contributed by atoms with van der Waals surface area (Å²) in [5.74, 6) is 0.543. The van der Waals surface area contributed by atoms with Crippen molar-refractivity contribution in [1.29, 1.82) is 0 Å². The summed E-state index contributed by atoms with van der Waals surface area (Å²) in [7, 11) is 4.57. The van der Waals surface area contributed by atoms with Crippen molar-refractivity contribution in [3.8, 4) is 17.2 Å². The number of carbonyl (C=O) groups excluding carboxylic acids is 1. The summed E-state index contributed by atoms with van der Waals surface area (Å²) < 4.78 is 44.2. The van der Waals surface area contributed by atoms with Crippen LogP contribution in [0.15, 0.2) is 35.9 Å². The highest BCUT2D eigenvalue weighted by molar-refractivity contribution is 5.96. The Labute approximate surface area is 230 Å². The Hall–Kier alpha value is -3.13. The first kappa shape index (κ1) is 28.9. The van der Waals surface area contributed by atoms with Crippen molar-refractivity contribution >= 4 is 12.0 Å². The maximum atomic E-state index is 14.4. The molecule has 1 saturated heterocycles. The van der Waals surface area contributed by atoms with Crippen LogP contribution >= 0.6 is 0 Å². The van der Waals surface area contributed by atoms with Crippen LogP contribution in [0, 0.1) is 17.6 Å². The van der Waals surface area contributed by atoms with Gasteiger partial charge in [0.05, 0.1) is 21.3 Å². The first-order valence-electron chi connectivity index (χ1n) is 13.8. The zero-order valence-corrected chi connectivity index (χ0v) is 23.5. The van der Waals surface area contributed by atoms with Gasteiger partial charge in [-0.3, -0.25) is 9.69 Å². The number of hydrogen-bond donors (Lipinski definition) is 0. The van der Waals surface area contributed by atoms with Crippen LogP contribution in [0.1, 0.15) is 61.4 Å². The van der Waals surface area contributed by atoms with Gasteiger partial charge in [0, 0.05) is 42.9 Å². The molecule has 212 valence electrons. The van der Waals surface area contributed by atoms with Crippen molar-refractivity contribution in [3.63, 3.8) is 0 Å². The summed E-state index contributed by atoms with van der Waals surface area (Å²) in [4.78, 5) is 18.4. The van der Waals surface area contributed by atoms with Crippen LogP contribution in [0.2, 0.25) is 0 Å². The van der Waals surface area contributed by atoms with E-state index in [4.69, 9.17) is 14.2 Å². The Morgan fingerprint density at radius 1 is 1.00 bits per heavy atom. The Morgan fingerprint density at radius 2 is 1.69 bits per heavy atom. The monoisotopic (exact) mass is 542 g/mol. The molecule has 6 nitrogen and oxygen atoms in total. The van der Waals surface area contributed by atoms with Crippen molar-refractivity contribution in [2.75, 3.05) is 47.5 Å². The third kappa shape index (κ3) is 7.10. The van der Waals surface area contributed by atoms with E-state index in [1.807, 2.05) is 11.8 Å². The lowest BCUT2D eigenvalue weighted by Crippen LogP contribution is -2.45. The number of methoxy groups -OCH3 is 3. The van der Waals surface area contributed by atoms with Gasteiger partial charge in [0.25, 0.3) is 5.91 Å². The van der Waals surface area contributed by atoms with Gasteiger partial charge in [-0.1, -0.05) is 24.5 Å². The van der Waals surface area contributed by atoms with Crippen molar-refractivity contribution in [3.05, 3.63) is 58.7 Å². The second-order valence-corrected chi connectivity index (χ2v) is 10.7. The SMILES string of the molecule is COc1cc(C(=O)N(CC(C)=Cc2ccc(F)cc2F)CC2CCCN2CC2CCCC2)cc(OC)c1OC. The molecule has 1 atom stereocenters. The van der Waals surface area contributed by atoms with E-state index in [1.54, 1.807) is 18.2 Å². The fraction of sp³-hybridized carbons (Fsp3) is 0.516. The first-order chi connectivity index (χ1) is 18.8. The first-order valence-corrected chi connectivity index (χ1v) is 13.8. The maximum Gasteiger partial charge on any atom is 0.254 e. The Balaban J connectivity index is 1.62. The van der Waals surface area contributed by atoms with E-state index >= 15 is 0 Å². The van der Waals surface area contributed by atoms with Crippen molar-refractivity contribution in [2.45, 2.75) is 51.5 Å². The van der Waals surface area contributed by atoms with Crippen LogP contribution in [0.3, 0.4) is 0 Å². The molecule has 2 aliphatic rings. The summed E-state index contributed by atoms with van der Waals surface area (Å²) in [5, 5.41) is 0. The van der Waals surface area contributed by atoms with E-state index in [0.29, 0.717) is 35.9 Å². The highest BCUT2D eigenvalue weighted by Crippen LogP contribution is 2.38. The summed E-state index contributed by atoms with van der Waals surface area (Å²) in [6.45, 7) is 4.85. The van der Waals surface area contributed by atoms with E-state index in [2.05, 4.69) is 4.90 Å². The molecule has 4 rings (SSSR count). The molecule has 2 fully saturated rings. The molecule has 1 saturated carbocycles. The van der Waals surface area contributed by atoms with Crippen molar-refractivity contribution in [1.82, 2.24) is 9.80 Å². The number of ether oxygens (including phenoxy) is 3. The fourth-order valence-corrected chi connectivity index (χ4v) is 5.96. The van der Waals surface area contributed by atoms with Gasteiger partial charge in [0.15, 0.2) is 11.5 Å². The van der Waals surface area contributed by atoms with Gasteiger partial charge in [0.1, 0.15) is 11.6 Å². The minimum atomic E-state index is -0.629. The van der Waals surface area contributed by atoms with Gasteiger partial charge in [-0.2, -0.15) is 0 Å². The Kier molecular flexibility index (Phi) is 9.83. The number of nitrogens with zero attached hydrogens (tertiary/aromatic N) is 2. The molecule has 2 aromatic rings. The van der Waals surface area contributed by atoms with E-state index in [0.717, 1.165) is 43.5 Å². The largest absolute Gasteiger partial charge is 0.493 e. The van der Waals surface area contributed by atoms with Gasteiger partial charge in [-0.25, -0.2) is 8.78 Å². The third-order valence-corrected chi connectivity index (χ3v) is 7.90. The lowest BCUT2D eigenvalue weighted by Gasteiger charge is -2.33. The van der Waals surface area contributed by atoms with E-state index in [1.165, 1.54) is 59.1 Å². The normalized spacial score (nSPS) is 18.4. The van der Waals surface area contributed by atoms with E-state index in [9.17, 15) is 13.6 Å². The van der Waals surface area contributed by atoms with Gasteiger partial charge in [-0.15, -0.1) is 0 Å². The molecule has 39 heavy (non-hydrogen) atoms. The molecule has 1 aliphatic carbocycles. The fourth-order valence-electron chi connectivity index (χ4n) is 5.96. The molecule has 0 aromatic heterocycles. The zero-order chi connectivity index (χ0) is 27.9. The topological polar surface area (TPSA) is 51.2 Å². The van der Waals surface area contributed by atoms with Crippen LogP contribution in [-0.2, 0) is 0 Å². The molecule has 0 N–H and O–H groups in total. The van der Waals surface area contributed by atoms with Crippen LogP contribution < -0.4 is 14.2 Å². The lowest BCUT2D eigenvalue weighted by atomic mass is 10.1. The van der Waals surface area contributed by atoms with E-state index < -0.39 is 11.6 Å². The molecule has 1 heterocycles. The average Bonchev–Trinajstić information content (AvgIpc) is 3.61. The number of hydrogen-bond acceptors (Lipinski definition) is 5. The van der Waals surface area contributed by atoms with Crippen LogP contribution in [0.25, 0.3) is 6.08 Å². The van der Waals surface area contributed by atoms with Crippen molar-refractivity contribution in [2.24, 2.45) is 5.92 Å². The standard InChI is InChI=1S/C31H40F2N2O4/c1-21(14-23-11-12-25(32)17-27(23)33)18-35(20-26-10-7-13-34(26)19-22-8-5-6-9-22)31(36)24-15-28(37-2)30(39-4)29(16-24)38-3/h11-12,14-17,22,26H,5-10,13,18-20H2,1-4H3. The Bertz CT molecular complexity index is 1150. The zero-order valence-electron chi connectivity index (χ0n) is 23.5. The second kappa shape index (κ2) is 13.3. The smallest absolute Gasteiger partial charge is 0.254 e. The summed E-state index contributed by atoms with van der Waals surface area (Å²) in [5.41, 5.74) is 1.50. The lowest BCUT2D eigenvalue weighted by molar-refractivity contribution is 0.0714. The molecule has 0 bridgehead atoms. The van der Waals surface area contributed by atoms with Crippen molar-refractivity contribution < 1.29 is 27.8 Å². The van der Waals surface area contributed by atoms with Gasteiger partial charge >= 0.3 is 0 Å². The highest BCUT2D eigenvalue weighted by atomic mass is 19.1. The number of benzene rings is 2. The summed E-state index contributed by atoms with van der Waals surface area (Å²) in [6, 6.07) is 7.12. The number of carbonyl (C=O) groups is 1. The maximum absolute atomic E-state index is 14.4. The van der Waals surface area contributed by atoms with Gasteiger partial charge < -0.3 is 19.1 Å². The molecule has 0 radical (unpaired) electrons. The Morgan fingerprint density at radius 3 is 2.31 bits per heavy atom. The second-order valence-electron chi connectivity index (χ2n) is 10.7. The van der Waals surface area contributed by atoms with Gasteiger partial charge in [0.2, 0.25) is 5.75 Å². The molecule has 1 aliphatic heterocycles. The molecule has 1 unspecified atom stereocenters. The predicted octanol–water partition coefficient (Wildman–Crippen LogP) is 6.19. The molecule has 0 spiro atoms. The quantitative estimate of drug-likeness (QED) is 0.339. The van der Waals surface area contributed by atoms with Crippen LogP contribution in [-0.4, -0.2) is 69.3 Å². The summed E-state index contributed by atoms with van der Waals surface area (Å²) in [6.07, 6.45) is 8.98. The molecular weight excluding hydrogens is 502 g/mol. The molecule has 2 aromatic carbocycles. The third-order valence-electron chi connectivity index (χ3n) is 7.90.